The minimum Gasteiger partial charge on any atom is -0.451 e. The van der Waals surface area contributed by atoms with Gasteiger partial charge < -0.3 is 10.1 Å². The molecule has 1 aromatic carbocycles. The zero-order valence-electron chi connectivity index (χ0n) is 16.6. The highest BCUT2D eigenvalue weighted by Crippen LogP contribution is 2.25. The van der Waals surface area contributed by atoms with Crippen LogP contribution in [0.5, 0.6) is 0 Å². The number of esters is 1. The molecule has 9 nitrogen and oxygen atoms in total. The van der Waals surface area contributed by atoms with Crippen molar-refractivity contribution in [1.29, 1.82) is 0 Å². The summed E-state index contributed by atoms with van der Waals surface area (Å²) in [6.45, 7) is 6.63. The molecule has 1 aliphatic rings. The third kappa shape index (κ3) is 3.75. The summed E-state index contributed by atoms with van der Waals surface area (Å²) in [6.07, 6.45) is 0.423. The van der Waals surface area contributed by atoms with Crippen LogP contribution in [0.25, 0.3) is 0 Å². The van der Waals surface area contributed by atoms with Crippen molar-refractivity contribution in [2.45, 2.75) is 45.9 Å². The molecule has 2 atom stereocenters. The van der Waals surface area contributed by atoms with E-state index in [-0.39, 0.29) is 17.2 Å². The first-order valence-electron chi connectivity index (χ1n) is 9.24. The number of aromatic nitrogens is 2. The SMILES string of the molecule is CC(C)n1nccc1NC(=O)[C@H](C)OC(=O)[C@@H](C)N1C(=O)c2ccccc2C1=O. The number of hydrogen-bond acceptors (Lipinski definition) is 6. The van der Waals surface area contributed by atoms with Crippen LogP contribution in [0.2, 0.25) is 0 Å². The number of ether oxygens (including phenoxy) is 1. The lowest BCUT2D eigenvalue weighted by atomic mass is 10.1. The van der Waals surface area contributed by atoms with Crippen LogP contribution >= 0.6 is 0 Å². The number of amides is 3. The molecule has 0 radical (unpaired) electrons. The first-order valence-corrected chi connectivity index (χ1v) is 9.24. The van der Waals surface area contributed by atoms with Gasteiger partial charge in [-0.1, -0.05) is 12.1 Å². The predicted molar refractivity (Wildman–Crippen MR) is 103 cm³/mol. The van der Waals surface area contributed by atoms with E-state index in [0.717, 1.165) is 4.90 Å². The van der Waals surface area contributed by atoms with Gasteiger partial charge in [0.15, 0.2) is 6.10 Å². The van der Waals surface area contributed by atoms with Crippen molar-refractivity contribution in [2.24, 2.45) is 0 Å². The lowest BCUT2D eigenvalue weighted by molar-refractivity contribution is -0.156. The van der Waals surface area contributed by atoms with Gasteiger partial charge in [-0.3, -0.25) is 19.3 Å². The third-order valence-electron chi connectivity index (χ3n) is 4.63. The fourth-order valence-electron chi connectivity index (χ4n) is 3.04. The molecule has 1 N–H and O–H groups in total. The lowest BCUT2D eigenvalue weighted by Crippen LogP contribution is -2.45. The minimum absolute atomic E-state index is 0.0343. The predicted octanol–water partition coefficient (Wildman–Crippen LogP) is 2.02. The molecule has 1 aromatic heterocycles. The second-order valence-electron chi connectivity index (χ2n) is 7.02. The van der Waals surface area contributed by atoms with Gasteiger partial charge in [-0.2, -0.15) is 5.10 Å². The van der Waals surface area contributed by atoms with Gasteiger partial charge in [-0.25, -0.2) is 9.48 Å². The van der Waals surface area contributed by atoms with E-state index in [9.17, 15) is 19.2 Å². The summed E-state index contributed by atoms with van der Waals surface area (Å²) >= 11 is 0. The zero-order valence-corrected chi connectivity index (χ0v) is 16.6. The molecule has 152 valence electrons. The molecule has 0 saturated carbocycles. The molecular weight excluding hydrogens is 376 g/mol. The molecule has 0 unspecified atom stereocenters. The number of benzene rings is 1. The summed E-state index contributed by atoms with van der Waals surface area (Å²) < 4.78 is 6.82. The van der Waals surface area contributed by atoms with Crippen LogP contribution in [-0.4, -0.2) is 50.5 Å². The molecule has 29 heavy (non-hydrogen) atoms. The summed E-state index contributed by atoms with van der Waals surface area (Å²) in [6, 6.07) is 6.85. The maximum atomic E-state index is 12.5. The van der Waals surface area contributed by atoms with E-state index < -0.39 is 35.8 Å². The van der Waals surface area contributed by atoms with E-state index in [2.05, 4.69) is 10.4 Å². The second-order valence-corrected chi connectivity index (χ2v) is 7.02. The fraction of sp³-hybridized carbons (Fsp3) is 0.350. The van der Waals surface area contributed by atoms with Gasteiger partial charge >= 0.3 is 5.97 Å². The Hall–Kier alpha value is -3.49. The van der Waals surface area contributed by atoms with E-state index in [1.165, 1.54) is 26.0 Å². The van der Waals surface area contributed by atoms with Crippen LogP contribution in [0.3, 0.4) is 0 Å². The van der Waals surface area contributed by atoms with Crippen LogP contribution < -0.4 is 5.32 Å². The van der Waals surface area contributed by atoms with Gasteiger partial charge in [-0.15, -0.1) is 0 Å². The van der Waals surface area contributed by atoms with Crippen molar-refractivity contribution >= 4 is 29.5 Å². The van der Waals surface area contributed by atoms with Crippen LogP contribution in [0.1, 0.15) is 54.5 Å². The van der Waals surface area contributed by atoms with Crippen molar-refractivity contribution < 1.29 is 23.9 Å². The Morgan fingerprint density at radius 2 is 1.59 bits per heavy atom. The van der Waals surface area contributed by atoms with E-state index in [0.29, 0.717) is 5.82 Å². The van der Waals surface area contributed by atoms with Gasteiger partial charge in [0.25, 0.3) is 17.7 Å². The maximum Gasteiger partial charge on any atom is 0.329 e. The maximum absolute atomic E-state index is 12.5. The van der Waals surface area contributed by atoms with Crippen molar-refractivity contribution in [2.75, 3.05) is 5.32 Å². The number of anilines is 1. The number of imide groups is 1. The van der Waals surface area contributed by atoms with Crippen molar-refractivity contribution in [1.82, 2.24) is 14.7 Å². The highest BCUT2D eigenvalue weighted by molar-refractivity contribution is 6.22. The van der Waals surface area contributed by atoms with Crippen LogP contribution in [-0.2, 0) is 14.3 Å². The largest absolute Gasteiger partial charge is 0.451 e. The average molecular weight is 398 g/mol. The van der Waals surface area contributed by atoms with Gasteiger partial charge in [0.2, 0.25) is 0 Å². The van der Waals surface area contributed by atoms with E-state index in [4.69, 9.17) is 4.74 Å². The number of nitrogens with zero attached hydrogens (tertiary/aromatic N) is 3. The average Bonchev–Trinajstić information content (AvgIpc) is 3.24. The molecule has 0 fully saturated rings. The number of fused-ring (bicyclic) bond motifs is 1. The lowest BCUT2D eigenvalue weighted by Gasteiger charge is -2.23. The molecule has 3 amide bonds. The van der Waals surface area contributed by atoms with Gasteiger partial charge in [0, 0.05) is 12.1 Å². The Morgan fingerprint density at radius 3 is 2.14 bits per heavy atom. The monoisotopic (exact) mass is 398 g/mol. The third-order valence-corrected chi connectivity index (χ3v) is 4.63. The summed E-state index contributed by atoms with van der Waals surface area (Å²) in [7, 11) is 0. The number of hydrogen-bond donors (Lipinski definition) is 1. The zero-order chi connectivity index (χ0) is 21.3. The molecule has 0 bridgehead atoms. The fourth-order valence-corrected chi connectivity index (χ4v) is 3.04. The van der Waals surface area contributed by atoms with Crippen molar-refractivity contribution in [3.63, 3.8) is 0 Å². The van der Waals surface area contributed by atoms with Gasteiger partial charge in [0.1, 0.15) is 11.9 Å². The Labute approximate surface area is 167 Å². The van der Waals surface area contributed by atoms with Crippen molar-refractivity contribution in [3.8, 4) is 0 Å². The van der Waals surface area contributed by atoms with Crippen LogP contribution in [0.15, 0.2) is 36.5 Å². The minimum atomic E-state index is -1.17. The van der Waals surface area contributed by atoms with E-state index in [1.54, 1.807) is 29.1 Å². The number of carbonyl (C=O) groups excluding carboxylic acids is 4. The standard InChI is InChI=1S/C20H22N4O5/c1-11(2)24-16(9-10-21-24)22-17(25)13(4)29-20(28)12(3)23-18(26)14-7-5-6-8-15(14)19(23)27/h5-13H,1-4H3,(H,22,25)/t12-,13+/m1/s1. The van der Waals surface area contributed by atoms with E-state index >= 15 is 0 Å². The molecule has 1 aliphatic heterocycles. The first-order chi connectivity index (χ1) is 13.7. The normalized spacial score (nSPS) is 15.3. The highest BCUT2D eigenvalue weighted by atomic mass is 16.5. The van der Waals surface area contributed by atoms with Gasteiger partial charge in [-0.05, 0) is 39.8 Å². The Kier molecular flexibility index (Phi) is 5.49. The van der Waals surface area contributed by atoms with Gasteiger partial charge in [0.05, 0.1) is 17.3 Å². The number of rotatable bonds is 6. The quantitative estimate of drug-likeness (QED) is 0.589. The summed E-state index contributed by atoms with van der Waals surface area (Å²) in [4.78, 5) is 50.7. The van der Waals surface area contributed by atoms with Crippen LogP contribution in [0, 0.1) is 0 Å². The molecule has 9 heteroatoms. The topological polar surface area (TPSA) is 111 Å². The first kappa shape index (κ1) is 20.2. The molecule has 0 aliphatic carbocycles. The van der Waals surface area contributed by atoms with E-state index in [1.807, 2.05) is 13.8 Å². The Bertz CT molecular complexity index is 946. The number of carbonyl (C=O) groups is 4. The summed E-state index contributed by atoms with van der Waals surface area (Å²) in [5, 5.41) is 6.77. The molecule has 2 heterocycles. The molecule has 3 rings (SSSR count). The molecule has 0 saturated heterocycles. The number of nitrogens with one attached hydrogen (secondary N) is 1. The Morgan fingerprint density at radius 1 is 1.00 bits per heavy atom. The smallest absolute Gasteiger partial charge is 0.329 e. The highest BCUT2D eigenvalue weighted by Gasteiger charge is 2.41. The van der Waals surface area contributed by atoms with Crippen molar-refractivity contribution in [3.05, 3.63) is 47.7 Å². The summed E-state index contributed by atoms with van der Waals surface area (Å²) in [5.41, 5.74) is 0.481. The summed E-state index contributed by atoms with van der Waals surface area (Å²) in [5.74, 6) is -2.04. The molecular formula is C20H22N4O5. The van der Waals surface area contributed by atoms with Crippen LogP contribution in [0.4, 0.5) is 5.82 Å². The molecule has 0 spiro atoms. The second kappa shape index (κ2) is 7.86. The molecule has 2 aromatic rings. The Balaban J connectivity index is 1.65.